The van der Waals surface area contributed by atoms with Gasteiger partial charge in [0.1, 0.15) is 17.9 Å². The van der Waals surface area contributed by atoms with Crippen LogP contribution in [0.2, 0.25) is 10.0 Å². The van der Waals surface area contributed by atoms with Gasteiger partial charge in [-0.1, -0.05) is 53.9 Å². The number of benzene rings is 2. The summed E-state index contributed by atoms with van der Waals surface area (Å²) in [6.07, 6.45) is 6.87. The fourth-order valence-corrected chi connectivity index (χ4v) is 4.06. The van der Waals surface area contributed by atoms with Crippen molar-refractivity contribution in [1.82, 2.24) is 0 Å². The van der Waals surface area contributed by atoms with Crippen LogP contribution in [-0.4, -0.2) is 24.3 Å². The van der Waals surface area contributed by atoms with Gasteiger partial charge in [-0.15, -0.1) is 0 Å². The van der Waals surface area contributed by atoms with Gasteiger partial charge in [-0.05, 0) is 36.8 Å². The van der Waals surface area contributed by atoms with Crippen LogP contribution in [0.4, 0.5) is 0 Å². The highest BCUT2D eigenvalue weighted by Crippen LogP contribution is 2.39. The van der Waals surface area contributed by atoms with E-state index in [1.54, 1.807) is 30.3 Å². The van der Waals surface area contributed by atoms with Gasteiger partial charge in [-0.3, -0.25) is 0 Å². The normalized spacial score (nSPS) is 15.0. The molecule has 7 heteroatoms. The lowest BCUT2D eigenvalue weighted by Gasteiger charge is -2.24. The van der Waals surface area contributed by atoms with E-state index in [0.29, 0.717) is 32.7 Å². The zero-order chi connectivity index (χ0) is 21.5. The monoisotopic (exact) mass is 450 g/mol. The Balaban J connectivity index is 1.75. The molecule has 1 aliphatic rings. The molecule has 1 aliphatic carbocycles. The smallest absolute Gasteiger partial charge is 0.339 e. The lowest BCUT2D eigenvalue weighted by molar-refractivity contribution is -0.130. The summed E-state index contributed by atoms with van der Waals surface area (Å²) in [5.41, 5.74) is 1.25. The fraction of sp³-hybridized carbons (Fsp3) is 0.348. The maximum atomic E-state index is 11.6. The molecule has 0 bridgehead atoms. The number of halogens is 2. The second-order valence-corrected chi connectivity index (χ2v) is 7.93. The Labute approximate surface area is 186 Å². The Morgan fingerprint density at radius 1 is 1.13 bits per heavy atom. The van der Waals surface area contributed by atoms with Crippen molar-refractivity contribution in [3.05, 3.63) is 63.8 Å². The molecule has 0 aliphatic heterocycles. The van der Waals surface area contributed by atoms with E-state index in [0.717, 1.165) is 25.7 Å². The van der Waals surface area contributed by atoms with Gasteiger partial charge in [0.05, 0.1) is 29.5 Å². The number of hydrogen-bond donors (Lipinski definition) is 1. The van der Waals surface area contributed by atoms with E-state index < -0.39 is 5.97 Å². The van der Waals surface area contributed by atoms with Crippen LogP contribution >= 0.6 is 23.2 Å². The van der Waals surface area contributed by atoms with E-state index in [1.165, 1.54) is 19.8 Å². The summed E-state index contributed by atoms with van der Waals surface area (Å²) >= 11 is 12.8. The molecule has 3 rings (SSSR count). The molecule has 0 heterocycles. The molecular weight excluding hydrogens is 427 g/mol. The Morgan fingerprint density at radius 2 is 1.80 bits per heavy atom. The van der Waals surface area contributed by atoms with Gasteiger partial charge in [0.25, 0.3) is 0 Å². The Hall–Kier alpha value is -2.37. The van der Waals surface area contributed by atoms with Gasteiger partial charge >= 0.3 is 5.97 Å². The summed E-state index contributed by atoms with van der Waals surface area (Å²) in [5, 5.41) is 10.2. The van der Waals surface area contributed by atoms with Crippen molar-refractivity contribution >= 4 is 34.7 Å². The van der Waals surface area contributed by atoms with Crippen LogP contribution in [0.1, 0.15) is 43.2 Å². The minimum atomic E-state index is -1.08. The zero-order valence-corrected chi connectivity index (χ0v) is 18.2. The van der Waals surface area contributed by atoms with E-state index in [4.69, 9.17) is 37.4 Å². The van der Waals surface area contributed by atoms with Gasteiger partial charge in [0.15, 0.2) is 5.75 Å². The molecule has 0 unspecified atom stereocenters. The average molecular weight is 451 g/mol. The topological polar surface area (TPSA) is 65.0 Å². The van der Waals surface area contributed by atoms with Crippen LogP contribution in [0.15, 0.2) is 42.7 Å². The van der Waals surface area contributed by atoms with Crippen molar-refractivity contribution in [3.63, 3.8) is 0 Å². The molecule has 160 valence electrons. The second kappa shape index (κ2) is 10.6. The number of carboxylic acid groups (broad SMARTS) is 1. The third kappa shape index (κ3) is 5.61. The zero-order valence-electron chi connectivity index (χ0n) is 16.7. The first-order valence-electron chi connectivity index (χ1n) is 9.82. The van der Waals surface area contributed by atoms with Crippen LogP contribution in [0.25, 0.3) is 5.57 Å². The molecule has 0 aromatic heterocycles. The van der Waals surface area contributed by atoms with Gasteiger partial charge in [-0.25, -0.2) is 4.79 Å². The standard InChI is InChI=1S/C23H24Cl2O5/c1-28-14-19(23(26)27)18-10-6-5-7-15(18)13-29-17-11-20(24)22(21(25)12-17)30-16-8-3-2-4-9-16/h5-7,10-12,14,16H,2-4,8-9,13H2,1H3,(H,26,27). The summed E-state index contributed by atoms with van der Waals surface area (Å²) in [4.78, 5) is 11.6. The van der Waals surface area contributed by atoms with E-state index in [9.17, 15) is 9.90 Å². The number of rotatable bonds is 8. The minimum absolute atomic E-state index is 0.0454. The van der Waals surface area contributed by atoms with Crippen LogP contribution < -0.4 is 9.47 Å². The van der Waals surface area contributed by atoms with Crippen LogP contribution in [0.5, 0.6) is 11.5 Å². The van der Waals surface area contributed by atoms with Crippen molar-refractivity contribution in [2.75, 3.05) is 7.11 Å². The summed E-state index contributed by atoms with van der Waals surface area (Å²) in [6.45, 7) is 0.139. The van der Waals surface area contributed by atoms with E-state index in [-0.39, 0.29) is 18.3 Å². The number of hydrogen-bond acceptors (Lipinski definition) is 4. The highest BCUT2D eigenvalue weighted by atomic mass is 35.5. The molecule has 1 N–H and O–H groups in total. The number of carbonyl (C=O) groups is 1. The maximum absolute atomic E-state index is 11.6. The predicted octanol–water partition coefficient (Wildman–Crippen LogP) is 6.36. The van der Waals surface area contributed by atoms with Crippen LogP contribution in [0, 0.1) is 0 Å². The van der Waals surface area contributed by atoms with Gasteiger partial charge in [0, 0.05) is 12.1 Å². The van der Waals surface area contributed by atoms with Crippen LogP contribution in [-0.2, 0) is 16.1 Å². The summed E-state index contributed by atoms with van der Waals surface area (Å²) in [5.74, 6) is -0.128. The molecule has 2 aromatic carbocycles. The van der Waals surface area contributed by atoms with E-state index >= 15 is 0 Å². The van der Waals surface area contributed by atoms with Crippen molar-refractivity contribution in [3.8, 4) is 11.5 Å². The number of carboxylic acids is 1. The van der Waals surface area contributed by atoms with E-state index in [2.05, 4.69) is 0 Å². The molecule has 0 atom stereocenters. The SMILES string of the molecule is COC=C(C(=O)O)c1ccccc1COc1cc(Cl)c(OC2CCCCC2)c(Cl)c1. The molecule has 0 spiro atoms. The Morgan fingerprint density at radius 3 is 2.43 bits per heavy atom. The number of methoxy groups -OCH3 is 1. The number of ether oxygens (including phenoxy) is 3. The first kappa shape index (κ1) is 22.3. The van der Waals surface area contributed by atoms with Gasteiger partial charge in [0.2, 0.25) is 0 Å². The first-order valence-corrected chi connectivity index (χ1v) is 10.6. The first-order chi connectivity index (χ1) is 14.5. The van der Waals surface area contributed by atoms with Crippen molar-refractivity contribution < 1.29 is 24.1 Å². The molecular formula is C23H24Cl2O5. The van der Waals surface area contributed by atoms with Crippen molar-refractivity contribution in [2.24, 2.45) is 0 Å². The molecule has 0 radical (unpaired) electrons. The Kier molecular flexibility index (Phi) is 7.88. The van der Waals surface area contributed by atoms with Crippen LogP contribution in [0.3, 0.4) is 0 Å². The lowest BCUT2D eigenvalue weighted by Crippen LogP contribution is -2.20. The molecule has 0 saturated heterocycles. The third-order valence-electron chi connectivity index (χ3n) is 4.98. The van der Waals surface area contributed by atoms with Gasteiger partial charge < -0.3 is 19.3 Å². The molecule has 1 fully saturated rings. The second-order valence-electron chi connectivity index (χ2n) is 7.11. The quantitative estimate of drug-likeness (QED) is 0.374. The number of aliphatic carboxylic acids is 1. The Bertz CT molecular complexity index is 897. The minimum Gasteiger partial charge on any atom is -0.503 e. The average Bonchev–Trinajstić information content (AvgIpc) is 2.74. The molecule has 30 heavy (non-hydrogen) atoms. The highest BCUT2D eigenvalue weighted by molar-refractivity contribution is 6.37. The molecule has 5 nitrogen and oxygen atoms in total. The van der Waals surface area contributed by atoms with E-state index in [1.807, 2.05) is 6.07 Å². The predicted molar refractivity (Wildman–Crippen MR) is 117 cm³/mol. The lowest BCUT2D eigenvalue weighted by atomic mass is 9.98. The molecule has 1 saturated carbocycles. The largest absolute Gasteiger partial charge is 0.503 e. The summed E-state index contributed by atoms with van der Waals surface area (Å²) < 4.78 is 16.8. The highest BCUT2D eigenvalue weighted by Gasteiger charge is 2.20. The van der Waals surface area contributed by atoms with Crippen molar-refractivity contribution in [2.45, 2.75) is 44.8 Å². The fourth-order valence-electron chi connectivity index (χ4n) is 3.50. The summed E-state index contributed by atoms with van der Waals surface area (Å²) in [6, 6.07) is 10.4. The van der Waals surface area contributed by atoms with Gasteiger partial charge in [-0.2, -0.15) is 0 Å². The molecule has 0 amide bonds. The van der Waals surface area contributed by atoms with Crippen molar-refractivity contribution in [1.29, 1.82) is 0 Å². The molecule has 2 aromatic rings. The third-order valence-corrected chi connectivity index (χ3v) is 5.54. The summed E-state index contributed by atoms with van der Waals surface area (Å²) in [7, 11) is 1.41. The maximum Gasteiger partial charge on any atom is 0.339 e.